The van der Waals surface area contributed by atoms with Crippen LogP contribution in [0, 0.1) is 5.92 Å². The Labute approximate surface area is 92.8 Å². The highest BCUT2D eigenvalue weighted by atomic mass is 16.2. The fourth-order valence-corrected chi connectivity index (χ4v) is 1.90. The number of amides is 1. The predicted octanol–water partition coefficient (Wildman–Crippen LogP) is 1.81. The van der Waals surface area contributed by atoms with E-state index in [2.05, 4.69) is 19.2 Å². The maximum Gasteiger partial charge on any atom is 0.240 e. The molecule has 0 spiro atoms. The lowest BCUT2D eigenvalue weighted by atomic mass is 9.90. The van der Waals surface area contributed by atoms with Gasteiger partial charge in [0.2, 0.25) is 5.91 Å². The van der Waals surface area contributed by atoms with Gasteiger partial charge < -0.3 is 11.1 Å². The van der Waals surface area contributed by atoms with E-state index < -0.39 is 5.54 Å². The summed E-state index contributed by atoms with van der Waals surface area (Å²) in [5.74, 6) is 0.642. The quantitative estimate of drug-likeness (QED) is 0.730. The second kappa shape index (κ2) is 4.12. The molecule has 0 radical (unpaired) electrons. The molecule has 0 aliphatic heterocycles. The molecule has 0 atom stereocenters. The van der Waals surface area contributed by atoms with Gasteiger partial charge in [0.25, 0.3) is 0 Å². The lowest BCUT2D eigenvalue weighted by Crippen LogP contribution is -2.58. The summed E-state index contributed by atoms with van der Waals surface area (Å²) in [6.07, 6.45) is 3.83. The average Bonchev–Trinajstić information content (AvgIpc) is 2.99. The fourth-order valence-electron chi connectivity index (χ4n) is 1.90. The molecule has 1 amide bonds. The predicted molar refractivity (Wildman–Crippen MR) is 62.4 cm³/mol. The summed E-state index contributed by atoms with van der Waals surface area (Å²) in [6, 6.07) is 0. The second-order valence-electron chi connectivity index (χ2n) is 5.31. The summed E-state index contributed by atoms with van der Waals surface area (Å²) in [4.78, 5) is 12.0. The van der Waals surface area contributed by atoms with Gasteiger partial charge in [0.05, 0.1) is 5.54 Å². The Kier molecular flexibility index (Phi) is 3.44. The molecule has 0 unspecified atom stereocenters. The van der Waals surface area contributed by atoms with Crippen LogP contribution >= 0.6 is 0 Å². The van der Waals surface area contributed by atoms with Gasteiger partial charge in [-0.2, -0.15) is 0 Å². The highest BCUT2D eigenvalue weighted by Gasteiger charge is 2.41. The standard InChI is InChI=1S/C12H24N2O/c1-5-12(13,6-2)10(15)14-11(3,4)9-7-8-9/h9H,5-8,13H2,1-4H3,(H,14,15). The number of rotatable bonds is 5. The van der Waals surface area contributed by atoms with Crippen molar-refractivity contribution < 1.29 is 4.79 Å². The van der Waals surface area contributed by atoms with Gasteiger partial charge in [-0.1, -0.05) is 13.8 Å². The molecule has 0 aromatic rings. The second-order valence-corrected chi connectivity index (χ2v) is 5.31. The Morgan fingerprint density at radius 3 is 2.13 bits per heavy atom. The van der Waals surface area contributed by atoms with Crippen LogP contribution in [0.25, 0.3) is 0 Å². The first-order chi connectivity index (χ1) is 6.85. The topological polar surface area (TPSA) is 55.1 Å². The van der Waals surface area contributed by atoms with Crippen molar-refractivity contribution in [3.05, 3.63) is 0 Å². The van der Waals surface area contributed by atoms with E-state index in [4.69, 9.17) is 5.73 Å². The number of nitrogens with two attached hydrogens (primary N) is 1. The molecule has 1 fully saturated rings. The van der Waals surface area contributed by atoms with E-state index in [1.54, 1.807) is 0 Å². The van der Waals surface area contributed by atoms with Crippen LogP contribution in [0.1, 0.15) is 53.4 Å². The van der Waals surface area contributed by atoms with E-state index in [-0.39, 0.29) is 11.4 Å². The molecule has 1 rings (SSSR count). The molecule has 0 aromatic carbocycles. The van der Waals surface area contributed by atoms with Crippen molar-refractivity contribution >= 4 is 5.91 Å². The summed E-state index contributed by atoms with van der Waals surface area (Å²) >= 11 is 0. The summed E-state index contributed by atoms with van der Waals surface area (Å²) in [5, 5.41) is 3.10. The monoisotopic (exact) mass is 212 g/mol. The molecule has 15 heavy (non-hydrogen) atoms. The van der Waals surface area contributed by atoms with E-state index in [0.29, 0.717) is 18.8 Å². The van der Waals surface area contributed by atoms with Gasteiger partial charge in [-0.25, -0.2) is 0 Å². The third-order valence-electron chi connectivity index (χ3n) is 3.75. The zero-order valence-electron chi connectivity index (χ0n) is 10.4. The van der Waals surface area contributed by atoms with Gasteiger partial charge in [0, 0.05) is 5.54 Å². The van der Waals surface area contributed by atoms with Gasteiger partial charge in [0.1, 0.15) is 0 Å². The number of nitrogens with one attached hydrogen (secondary N) is 1. The van der Waals surface area contributed by atoms with Gasteiger partial charge in [-0.3, -0.25) is 4.79 Å². The third-order valence-corrected chi connectivity index (χ3v) is 3.75. The average molecular weight is 212 g/mol. The van der Waals surface area contributed by atoms with Crippen LogP contribution < -0.4 is 11.1 Å². The third kappa shape index (κ3) is 2.71. The van der Waals surface area contributed by atoms with Crippen LogP contribution in [0.15, 0.2) is 0 Å². The maximum absolute atomic E-state index is 12.0. The Morgan fingerprint density at radius 2 is 1.80 bits per heavy atom. The number of hydrogen-bond donors (Lipinski definition) is 2. The van der Waals surface area contributed by atoms with Crippen LogP contribution in [0.5, 0.6) is 0 Å². The highest BCUT2D eigenvalue weighted by Crippen LogP contribution is 2.39. The highest BCUT2D eigenvalue weighted by molar-refractivity contribution is 5.86. The van der Waals surface area contributed by atoms with E-state index in [1.165, 1.54) is 12.8 Å². The summed E-state index contributed by atoms with van der Waals surface area (Å²) in [6.45, 7) is 8.11. The minimum absolute atomic E-state index is 0.00407. The number of carbonyl (C=O) groups excluding carboxylic acids is 1. The van der Waals surface area contributed by atoms with Crippen LogP contribution in [-0.2, 0) is 4.79 Å². The van der Waals surface area contributed by atoms with Gasteiger partial charge in [0.15, 0.2) is 0 Å². The first-order valence-electron chi connectivity index (χ1n) is 5.97. The van der Waals surface area contributed by atoms with E-state index in [1.807, 2.05) is 13.8 Å². The lowest BCUT2D eigenvalue weighted by Gasteiger charge is -2.33. The largest absolute Gasteiger partial charge is 0.349 e. The number of hydrogen-bond acceptors (Lipinski definition) is 2. The number of carbonyl (C=O) groups is 1. The molecule has 0 saturated heterocycles. The Morgan fingerprint density at radius 1 is 1.33 bits per heavy atom. The molecule has 0 aromatic heterocycles. The SMILES string of the molecule is CCC(N)(CC)C(=O)NC(C)(C)C1CC1. The molecule has 0 bridgehead atoms. The minimum Gasteiger partial charge on any atom is -0.349 e. The Bertz CT molecular complexity index is 240. The first-order valence-corrected chi connectivity index (χ1v) is 5.97. The van der Waals surface area contributed by atoms with Gasteiger partial charge >= 0.3 is 0 Å². The molecule has 3 N–H and O–H groups in total. The van der Waals surface area contributed by atoms with Crippen molar-refractivity contribution in [3.8, 4) is 0 Å². The van der Waals surface area contributed by atoms with E-state index >= 15 is 0 Å². The van der Waals surface area contributed by atoms with Crippen molar-refractivity contribution in [2.45, 2.75) is 64.5 Å². The lowest BCUT2D eigenvalue weighted by molar-refractivity contribution is -0.128. The Hall–Kier alpha value is -0.570. The zero-order chi connectivity index (χ0) is 11.7. The maximum atomic E-state index is 12.0. The normalized spacial score (nSPS) is 17.7. The molecule has 88 valence electrons. The Balaban J connectivity index is 2.61. The molecule has 1 saturated carbocycles. The van der Waals surface area contributed by atoms with Crippen LogP contribution in [0.4, 0.5) is 0 Å². The molecule has 3 nitrogen and oxygen atoms in total. The summed E-state index contributed by atoms with van der Waals surface area (Å²) in [5.41, 5.74) is 5.28. The molecule has 1 aliphatic rings. The van der Waals surface area contributed by atoms with Crippen molar-refractivity contribution in [2.75, 3.05) is 0 Å². The molecule has 0 heterocycles. The van der Waals surface area contributed by atoms with Crippen molar-refractivity contribution in [3.63, 3.8) is 0 Å². The van der Waals surface area contributed by atoms with E-state index in [9.17, 15) is 4.79 Å². The van der Waals surface area contributed by atoms with Gasteiger partial charge in [-0.05, 0) is 45.4 Å². The molecular weight excluding hydrogens is 188 g/mol. The zero-order valence-corrected chi connectivity index (χ0v) is 10.4. The van der Waals surface area contributed by atoms with Gasteiger partial charge in [-0.15, -0.1) is 0 Å². The molecule has 3 heteroatoms. The molecule has 1 aliphatic carbocycles. The first kappa shape index (κ1) is 12.5. The summed E-state index contributed by atoms with van der Waals surface area (Å²) < 4.78 is 0. The van der Waals surface area contributed by atoms with Crippen molar-refractivity contribution in [2.24, 2.45) is 11.7 Å². The van der Waals surface area contributed by atoms with Crippen LogP contribution in [0.2, 0.25) is 0 Å². The molecular formula is C12H24N2O. The van der Waals surface area contributed by atoms with Crippen molar-refractivity contribution in [1.29, 1.82) is 0 Å². The fraction of sp³-hybridized carbons (Fsp3) is 0.917. The van der Waals surface area contributed by atoms with Crippen LogP contribution in [0.3, 0.4) is 0 Å². The van der Waals surface area contributed by atoms with E-state index in [0.717, 1.165) is 0 Å². The van der Waals surface area contributed by atoms with Crippen molar-refractivity contribution in [1.82, 2.24) is 5.32 Å². The van der Waals surface area contributed by atoms with Crippen LogP contribution in [-0.4, -0.2) is 17.0 Å². The smallest absolute Gasteiger partial charge is 0.240 e. The minimum atomic E-state index is -0.688. The summed E-state index contributed by atoms with van der Waals surface area (Å²) in [7, 11) is 0.